The van der Waals surface area contributed by atoms with E-state index in [1.54, 1.807) is 24.3 Å². The van der Waals surface area contributed by atoms with Gasteiger partial charge in [0, 0.05) is 13.7 Å². The van der Waals surface area contributed by atoms with Crippen molar-refractivity contribution < 1.29 is 17.9 Å². The van der Waals surface area contributed by atoms with Gasteiger partial charge in [0.25, 0.3) is 0 Å². The number of sulfone groups is 1. The van der Waals surface area contributed by atoms with Gasteiger partial charge in [-0.05, 0) is 25.5 Å². The van der Waals surface area contributed by atoms with Crippen LogP contribution in [0.3, 0.4) is 0 Å². The van der Waals surface area contributed by atoms with Gasteiger partial charge >= 0.3 is 0 Å². The summed E-state index contributed by atoms with van der Waals surface area (Å²) in [5, 5.41) is 1.41. The van der Waals surface area contributed by atoms with Crippen molar-refractivity contribution in [3.05, 3.63) is 24.3 Å². The largest absolute Gasteiger partial charge is 0.397 e. The van der Waals surface area contributed by atoms with Crippen LogP contribution in [0.4, 0.5) is 11.4 Å². The average Bonchev–Trinajstić information content (AvgIpc) is 2.40. The number of anilines is 2. The van der Waals surface area contributed by atoms with E-state index in [1.165, 1.54) is 14.0 Å². The highest BCUT2D eigenvalue weighted by atomic mass is 32.2. The molecule has 112 valence electrons. The van der Waals surface area contributed by atoms with E-state index in [4.69, 9.17) is 10.5 Å². The molecule has 1 atom stereocenters. The molecule has 7 heteroatoms. The molecule has 0 radical (unpaired) electrons. The van der Waals surface area contributed by atoms with Gasteiger partial charge in [-0.3, -0.25) is 4.79 Å². The topological polar surface area (TPSA) is 98.5 Å². The summed E-state index contributed by atoms with van der Waals surface area (Å²) < 4.78 is 28.8. The lowest BCUT2D eigenvalue weighted by molar-refractivity contribution is -0.115. The van der Waals surface area contributed by atoms with Gasteiger partial charge in [-0.15, -0.1) is 0 Å². The third kappa shape index (κ3) is 4.50. The molecule has 0 aromatic heterocycles. The minimum absolute atomic E-state index is 0.0836. The number of amides is 1. The number of nitrogens with one attached hydrogen (secondary N) is 1. The van der Waals surface area contributed by atoms with Crippen molar-refractivity contribution in [2.45, 2.75) is 18.6 Å². The second-order valence-corrected chi connectivity index (χ2v) is 6.87. The first kappa shape index (κ1) is 16.5. The molecule has 0 fully saturated rings. The molecule has 0 aliphatic heterocycles. The van der Waals surface area contributed by atoms with E-state index >= 15 is 0 Å². The number of nitrogens with two attached hydrogens (primary N) is 1. The molecule has 0 saturated heterocycles. The Morgan fingerprint density at radius 3 is 2.65 bits per heavy atom. The van der Waals surface area contributed by atoms with E-state index in [2.05, 4.69) is 5.32 Å². The molecule has 0 saturated carbocycles. The van der Waals surface area contributed by atoms with Gasteiger partial charge in [0.05, 0.1) is 17.1 Å². The van der Waals surface area contributed by atoms with E-state index in [-0.39, 0.29) is 5.75 Å². The number of carbonyl (C=O) groups is 1. The number of ether oxygens (including phenoxy) is 1. The maximum absolute atomic E-state index is 12.0. The number of rotatable bonds is 7. The predicted octanol–water partition coefficient (Wildman–Crippen LogP) is 1.05. The Hall–Kier alpha value is -1.60. The molecule has 1 aromatic rings. The van der Waals surface area contributed by atoms with Gasteiger partial charge < -0.3 is 15.8 Å². The van der Waals surface area contributed by atoms with Gasteiger partial charge in [-0.25, -0.2) is 8.42 Å². The molecule has 0 aliphatic carbocycles. The summed E-state index contributed by atoms with van der Waals surface area (Å²) >= 11 is 0. The quantitative estimate of drug-likeness (QED) is 0.579. The van der Waals surface area contributed by atoms with E-state index < -0.39 is 21.0 Å². The molecule has 1 unspecified atom stereocenters. The van der Waals surface area contributed by atoms with Crippen molar-refractivity contribution in [3.63, 3.8) is 0 Å². The van der Waals surface area contributed by atoms with Gasteiger partial charge in [-0.2, -0.15) is 0 Å². The zero-order valence-corrected chi connectivity index (χ0v) is 12.4. The van der Waals surface area contributed by atoms with Crippen molar-refractivity contribution in [2.24, 2.45) is 0 Å². The Kier molecular flexibility index (Phi) is 5.97. The standard InChI is InChI=1S/C13H20N2O4S/c1-10(20(17,18)9-5-8-19-2)13(16)15-12-7-4-3-6-11(12)14/h3-4,6-7,10H,5,8-9,14H2,1-2H3,(H,15,16). The Morgan fingerprint density at radius 1 is 1.40 bits per heavy atom. The van der Waals surface area contributed by atoms with Crippen LogP contribution in [-0.4, -0.2) is 39.0 Å². The summed E-state index contributed by atoms with van der Waals surface area (Å²) in [6, 6.07) is 6.70. The number of para-hydroxylation sites is 2. The maximum atomic E-state index is 12.0. The molecular formula is C13H20N2O4S. The lowest BCUT2D eigenvalue weighted by Crippen LogP contribution is -2.34. The van der Waals surface area contributed by atoms with E-state index in [0.29, 0.717) is 24.4 Å². The molecule has 3 N–H and O–H groups in total. The Balaban J connectivity index is 2.69. The van der Waals surface area contributed by atoms with Crippen LogP contribution in [0.2, 0.25) is 0 Å². The van der Waals surface area contributed by atoms with Crippen molar-refractivity contribution in [1.29, 1.82) is 0 Å². The van der Waals surface area contributed by atoms with E-state index in [0.717, 1.165) is 0 Å². The number of benzene rings is 1. The highest BCUT2D eigenvalue weighted by Gasteiger charge is 2.27. The number of methoxy groups -OCH3 is 1. The first-order chi connectivity index (χ1) is 9.38. The zero-order chi connectivity index (χ0) is 15.2. The molecule has 0 bridgehead atoms. The fraction of sp³-hybridized carbons (Fsp3) is 0.462. The van der Waals surface area contributed by atoms with Crippen molar-refractivity contribution in [3.8, 4) is 0 Å². The maximum Gasteiger partial charge on any atom is 0.242 e. The summed E-state index contributed by atoms with van der Waals surface area (Å²) in [5.41, 5.74) is 6.50. The van der Waals surface area contributed by atoms with Crippen LogP contribution < -0.4 is 11.1 Å². The SMILES string of the molecule is COCCCS(=O)(=O)C(C)C(=O)Nc1ccccc1N. The summed E-state index contributed by atoms with van der Waals surface area (Å²) in [7, 11) is -2.00. The molecule has 1 rings (SSSR count). The molecule has 0 spiro atoms. The summed E-state index contributed by atoms with van der Waals surface area (Å²) in [5.74, 6) is -0.667. The highest BCUT2D eigenvalue weighted by Crippen LogP contribution is 2.18. The van der Waals surface area contributed by atoms with Crippen LogP contribution in [-0.2, 0) is 19.4 Å². The normalized spacial score (nSPS) is 12.9. The fourth-order valence-corrected chi connectivity index (χ4v) is 2.85. The van der Waals surface area contributed by atoms with Gasteiger partial charge in [-0.1, -0.05) is 12.1 Å². The van der Waals surface area contributed by atoms with Gasteiger partial charge in [0.2, 0.25) is 5.91 Å². The van der Waals surface area contributed by atoms with Crippen molar-refractivity contribution >= 4 is 27.1 Å². The Morgan fingerprint density at radius 2 is 2.05 bits per heavy atom. The minimum atomic E-state index is -3.50. The molecular weight excluding hydrogens is 280 g/mol. The van der Waals surface area contributed by atoms with Crippen LogP contribution in [0.25, 0.3) is 0 Å². The molecule has 0 aliphatic rings. The molecule has 20 heavy (non-hydrogen) atoms. The number of carbonyl (C=O) groups excluding carboxylic acids is 1. The fourth-order valence-electron chi connectivity index (χ4n) is 1.59. The van der Waals surface area contributed by atoms with Gasteiger partial charge in [0.1, 0.15) is 5.25 Å². The predicted molar refractivity (Wildman–Crippen MR) is 79.2 cm³/mol. The Labute approximate surface area is 119 Å². The molecule has 6 nitrogen and oxygen atoms in total. The summed E-state index contributed by atoms with van der Waals surface area (Å²) in [6.07, 6.45) is 0.365. The Bertz CT molecular complexity index is 557. The monoisotopic (exact) mass is 300 g/mol. The van der Waals surface area contributed by atoms with E-state index in [1.807, 2.05) is 0 Å². The van der Waals surface area contributed by atoms with Gasteiger partial charge in [0.15, 0.2) is 9.84 Å². The van der Waals surface area contributed by atoms with Crippen LogP contribution in [0, 0.1) is 0 Å². The van der Waals surface area contributed by atoms with Crippen LogP contribution in [0.5, 0.6) is 0 Å². The minimum Gasteiger partial charge on any atom is -0.397 e. The van der Waals surface area contributed by atoms with Crippen LogP contribution in [0.15, 0.2) is 24.3 Å². The number of nitrogen functional groups attached to an aromatic ring is 1. The molecule has 1 amide bonds. The highest BCUT2D eigenvalue weighted by molar-refractivity contribution is 7.92. The second-order valence-electron chi connectivity index (χ2n) is 4.43. The number of hydrogen-bond donors (Lipinski definition) is 2. The number of hydrogen-bond acceptors (Lipinski definition) is 5. The molecule has 1 aromatic carbocycles. The van der Waals surface area contributed by atoms with Crippen molar-refractivity contribution in [2.75, 3.05) is 30.5 Å². The first-order valence-electron chi connectivity index (χ1n) is 6.24. The van der Waals surface area contributed by atoms with Crippen LogP contribution in [0.1, 0.15) is 13.3 Å². The third-order valence-electron chi connectivity index (χ3n) is 2.90. The van der Waals surface area contributed by atoms with E-state index in [9.17, 15) is 13.2 Å². The third-order valence-corrected chi connectivity index (χ3v) is 5.05. The van der Waals surface area contributed by atoms with Crippen molar-refractivity contribution in [1.82, 2.24) is 0 Å². The average molecular weight is 300 g/mol. The van der Waals surface area contributed by atoms with Crippen LogP contribution >= 0.6 is 0 Å². The summed E-state index contributed by atoms with van der Waals surface area (Å²) in [6.45, 7) is 1.72. The smallest absolute Gasteiger partial charge is 0.242 e. The lowest BCUT2D eigenvalue weighted by Gasteiger charge is -2.14. The first-order valence-corrected chi connectivity index (χ1v) is 7.96. The molecule has 0 heterocycles. The lowest BCUT2D eigenvalue weighted by atomic mass is 10.2. The summed E-state index contributed by atoms with van der Waals surface area (Å²) in [4.78, 5) is 12.0. The second kappa shape index (κ2) is 7.25. The zero-order valence-electron chi connectivity index (χ0n) is 11.6.